The van der Waals surface area contributed by atoms with E-state index in [2.05, 4.69) is 27.5 Å². The van der Waals surface area contributed by atoms with Gasteiger partial charge in [0.2, 0.25) is 0 Å². The Bertz CT molecular complexity index is 1120. The molecular formula is C25H23N3O3. The van der Waals surface area contributed by atoms with Crippen LogP contribution in [0.25, 0.3) is 0 Å². The Kier molecular flexibility index (Phi) is 6.68. The van der Waals surface area contributed by atoms with E-state index in [1.807, 2.05) is 30.3 Å². The summed E-state index contributed by atoms with van der Waals surface area (Å²) in [6.07, 6.45) is 1.14. The zero-order valence-corrected chi connectivity index (χ0v) is 17.6. The van der Waals surface area contributed by atoms with E-state index in [1.54, 1.807) is 63.4 Å². The molecule has 156 valence electrons. The van der Waals surface area contributed by atoms with Crippen molar-refractivity contribution in [1.82, 2.24) is 4.98 Å². The van der Waals surface area contributed by atoms with Crippen LogP contribution in [0, 0.1) is 11.8 Å². The van der Waals surface area contributed by atoms with Crippen molar-refractivity contribution in [3.05, 3.63) is 89.7 Å². The van der Waals surface area contributed by atoms with Crippen LogP contribution in [0.4, 0.5) is 16.2 Å². The predicted molar refractivity (Wildman–Crippen MR) is 121 cm³/mol. The van der Waals surface area contributed by atoms with Crippen molar-refractivity contribution in [3.8, 4) is 11.8 Å². The molecule has 2 aromatic carbocycles. The highest BCUT2D eigenvalue weighted by atomic mass is 16.6. The maximum Gasteiger partial charge on any atom is 0.412 e. The Labute approximate surface area is 181 Å². The summed E-state index contributed by atoms with van der Waals surface area (Å²) in [6, 6.07) is 19.4. The molecule has 1 heterocycles. The first-order valence-electron chi connectivity index (χ1n) is 9.73. The highest BCUT2D eigenvalue weighted by Crippen LogP contribution is 2.15. The summed E-state index contributed by atoms with van der Waals surface area (Å²) >= 11 is 0. The van der Waals surface area contributed by atoms with E-state index >= 15 is 0 Å². The molecule has 2 N–H and O–H groups in total. The number of rotatable bonds is 3. The molecular weight excluding hydrogens is 390 g/mol. The van der Waals surface area contributed by atoms with E-state index in [0.29, 0.717) is 22.6 Å². The molecule has 0 fully saturated rings. The monoisotopic (exact) mass is 413 g/mol. The van der Waals surface area contributed by atoms with E-state index in [1.165, 1.54) is 0 Å². The number of nitrogens with zero attached hydrogens (tertiary/aromatic N) is 1. The molecule has 3 aromatic rings. The molecule has 0 atom stereocenters. The van der Waals surface area contributed by atoms with Gasteiger partial charge >= 0.3 is 6.09 Å². The van der Waals surface area contributed by atoms with Crippen LogP contribution < -0.4 is 10.6 Å². The number of carbonyl (C=O) groups is 2. The van der Waals surface area contributed by atoms with Crippen molar-refractivity contribution in [2.24, 2.45) is 0 Å². The van der Waals surface area contributed by atoms with Crippen molar-refractivity contribution in [3.63, 3.8) is 0 Å². The lowest BCUT2D eigenvalue weighted by Crippen LogP contribution is -2.27. The van der Waals surface area contributed by atoms with Gasteiger partial charge in [-0.2, -0.15) is 0 Å². The van der Waals surface area contributed by atoms with Crippen LogP contribution in [0.3, 0.4) is 0 Å². The summed E-state index contributed by atoms with van der Waals surface area (Å²) in [6.45, 7) is 5.37. The zero-order valence-electron chi connectivity index (χ0n) is 17.6. The molecule has 0 aliphatic carbocycles. The van der Waals surface area contributed by atoms with E-state index < -0.39 is 11.7 Å². The highest BCUT2D eigenvalue weighted by molar-refractivity contribution is 6.04. The summed E-state index contributed by atoms with van der Waals surface area (Å²) < 4.78 is 5.21. The van der Waals surface area contributed by atoms with Crippen molar-refractivity contribution >= 4 is 23.4 Å². The van der Waals surface area contributed by atoms with Gasteiger partial charge < -0.3 is 10.1 Å². The third kappa shape index (κ3) is 7.02. The maximum absolute atomic E-state index is 12.6. The van der Waals surface area contributed by atoms with Crippen LogP contribution in [0.15, 0.2) is 72.9 Å². The van der Waals surface area contributed by atoms with Gasteiger partial charge in [0, 0.05) is 28.7 Å². The Hall–Kier alpha value is -4.11. The second kappa shape index (κ2) is 9.59. The third-order valence-electron chi connectivity index (χ3n) is 3.91. The Morgan fingerprint density at radius 2 is 1.65 bits per heavy atom. The molecule has 0 saturated heterocycles. The fraction of sp³-hybridized carbons (Fsp3) is 0.160. The molecule has 1 aromatic heterocycles. The second-order valence-corrected chi connectivity index (χ2v) is 7.70. The Morgan fingerprint density at radius 1 is 0.871 bits per heavy atom. The van der Waals surface area contributed by atoms with E-state index in [9.17, 15) is 9.59 Å². The van der Waals surface area contributed by atoms with Crippen LogP contribution in [-0.4, -0.2) is 22.6 Å². The van der Waals surface area contributed by atoms with E-state index in [-0.39, 0.29) is 5.91 Å². The van der Waals surface area contributed by atoms with Crippen LogP contribution in [-0.2, 0) is 4.74 Å². The summed E-state index contributed by atoms with van der Waals surface area (Å²) in [5.74, 6) is 5.77. The molecule has 0 aliphatic heterocycles. The molecule has 0 spiro atoms. The zero-order chi connectivity index (χ0) is 22.3. The average molecular weight is 413 g/mol. The van der Waals surface area contributed by atoms with Crippen molar-refractivity contribution < 1.29 is 14.3 Å². The topological polar surface area (TPSA) is 80.3 Å². The lowest BCUT2D eigenvalue weighted by atomic mass is 10.1. The lowest BCUT2D eigenvalue weighted by molar-refractivity contribution is 0.0636. The molecule has 31 heavy (non-hydrogen) atoms. The number of anilines is 2. The molecule has 2 amide bonds. The summed E-state index contributed by atoms with van der Waals surface area (Å²) in [7, 11) is 0. The highest BCUT2D eigenvalue weighted by Gasteiger charge is 2.16. The SMILES string of the molecule is CC(C)(C)OC(=O)Nc1ccc(C(=O)Nc2cccc(C#Cc3ccccn3)c2)cc1. The fourth-order valence-corrected chi connectivity index (χ4v) is 2.58. The third-order valence-corrected chi connectivity index (χ3v) is 3.91. The number of hydrogen-bond donors (Lipinski definition) is 2. The van der Waals surface area contributed by atoms with Gasteiger partial charge in [-0.05, 0) is 81.3 Å². The number of carbonyl (C=O) groups excluding carboxylic acids is 2. The van der Waals surface area contributed by atoms with Crippen molar-refractivity contribution in [1.29, 1.82) is 0 Å². The second-order valence-electron chi connectivity index (χ2n) is 7.70. The predicted octanol–water partition coefficient (Wildman–Crippen LogP) is 5.08. The first-order chi connectivity index (χ1) is 14.8. The Balaban J connectivity index is 1.63. The summed E-state index contributed by atoms with van der Waals surface area (Å²) in [4.78, 5) is 28.6. The molecule has 3 rings (SSSR count). The number of pyridine rings is 1. The normalized spacial score (nSPS) is 10.4. The van der Waals surface area contributed by atoms with Crippen LogP contribution in [0.1, 0.15) is 42.4 Å². The van der Waals surface area contributed by atoms with Crippen molar-refractivity contribution in [2.45, 2.75) is 26.4 Å². The van der Waals surface area contributed by atoms with Gasteiger partial charge in [-0.15, -0.1) is 0 Å². The van der Waals surface area contributed by atoms with Crippen LogP contribution in [0.2, 0.25) is 0 Å². The van der Waals surface area contributed by atoms with Crippen LogP contribution >= 0.6 is 0 Å². The number of aromatic nitrogens is 1. The van der Waals surface area contributed by atoms with Gasteiger partial charge in [0.25, 0.3) is 5.91 Å². The number of nitrogens with one attached hydrogen (secondary N) is 2. The maximum atomic E-state index is 12.6. The fourth-order valence-electron chi connectivity index (χ4n) is 2.58. The van der Waals surface area contributed by atoms with Gasteiger partial charge in [-0.3, -0.25) is 10.1 Å². The number of hydrogen-bond acceptors (Lipinski definition) is 4. The number of amides is 2. The minimum absolute atomic E-state index is 0.265. The van der Waals surface area contributed by atoms with E-state index in [4.69, 9.17) is 4.74 Å². The van der Waals surface area contributed by atoms with Crippen molar-refractivity contribution in [2.75, 3.05) is 10.6 Å². The molecule has 6 nitrogen and oxygen atoms in total. The minimum atomic E-state index is -0.583. The minimum Gasteiger partial charge on any atom is -0.444 e. The molecule has 0 unspecified atom stereocenters. The van der Waals surface area contributed by atoms with Gasteiger partial charge in [0.05, 0.1) is 0 Å². The largest absolute Gasteiger partial charge is 0.444 e. The van der Waals surface area contributed by atoms with Gasteiger partial charge in [0.1, 0.15) is 11.3 Å². The first-order valence-corrected chi connectivity index (χ1v) is 9.73. The molecule has 0 saturated carbocycles. The summed E-state index contributed by atoms with van der Waals surface area (Å²) in [5, 5.41) is 5.49. The molecule has 0 radical (unpaired) electrons. The van der Waals surface area contributed by atoms with Gasteiger partial charge in [-0.25, -0.2) is 9.78 Å². The van der Waals surface area contributed by atoms with Gasteiger partial charge in [-0.1, -0.05) is 18.1 Å². The van der Waals surface area contributed by atoms with Gasteiger partial charge in [0.15, 0.2) is 0 Å². The first kappa shape index (κ1) is 21.6. The standard InChI is InChI=1S/C25H23N3O3/c1-25(2,3)31-24(30)28-21-14-11-19(12-15-21)23(29)27-22-9-6-7-18(17-22)10-13-20-8-4-5-16-26-20/h4-9,11-12,14-17H,1-3H3,(H,27,29)(H,28,30). The molecule has 0 aliphatic rings. The van der Waals surface area contributed by atoms with E-state index in [0.717, 1.165) is 5.56 Å². The number of ether oxygens (including phenoxy) is 1. The smallest absolute Gasteiger partial charge is 0.412 e. The number of benzene rings is 2. The summed E-state index contributed by atoms with van der Waals surface area (Å²) in [5.41, 5.74) is 2.49. The van der Waals surface area contributed by atoms with Crippen LogP contribution in [0.5, 0.6) is 0 Å². The Morgan fingerprint density at radius 3 is 2.32 bits per heavy atom. The average Bonchev–Trinajstić information content (AvgIpc) is 2.72. The lowest BCUT2D eigenvalue weighted by Gasteiger charge is -2.19. The quantitative estimate of drug-likeness (QED) is 0.587. The molecule has 6 heteroatoms. The molecule has 0 bridgehead atoms.